The van der Waals surface area contributed by atoms with Gasteiger partial charge in [-0.05, 0) is 25.1 Å². The number of aromatic nitrogens is 2. The fourth-order valence-corrected chi connectivity index (χ4v) is 3.06. The van der Waals surface area contributed by atoms with Gasteiger partial charge in [-0.25, -0.2) is 22.8 Å². The van der Waals surface area contributed by atoms with Crippen LogP contribution in [0, 0.1) is 11.2 Å². The molecule has 1 aliphatic heterocycles. The van der Waals surface area contributed by atoms with E-state index in [-0.39, 0.29) is 35.6 Å². The van der Waals surface area contributed by atoms with Gasteiger partial charge in [0.15, 0.2) is 0 Å². The smallest absolute Gasteiger partial charge is 0.289 e. The maximum absolute atomic E-state index is 14.2. The Bertz CT molecular complexity index is 934. The first kappa shape index (κ1) is 23.1. The van der Waals surface area contributed by atoms with Crippen molar-refractivity contribution in [3.8, 4) is 0 Å². The minimum absolute atomic E-state index is 0.0286. The summed E-state index contributed by atoms with van der Waals surface area (Å²) >= 11 is 5.95. The number of aliphatic imine (C=N–C) groups is 1. The van der Waals surface area contributed by atoms with Gasteiger partial charge in [-0.15, -0.1) is 0 Å². The number of nitrogens with zero attached hydrogens (tertiary/aromatic N) is 3. The number of amidine groups is 1. The highest BCUT2D eigenvalue weighted by molar-refractivity contribution is 6.31. The Balaban J connectivity index is 1.69. The molecule has 0 amide bonds. The van der Waals surface area contributed by atoms with Crippen LogP contribution < -0.4 is 10.6 Å². The molecule has 170 valence electrons. The number of hydrogen-bond acceptors (Lipinski definition) is 5. The van der Waals surface area contributed by atoms with E-state index in [1.54, 1.807) is 6.92 Å². The molecule has 0 saturated carbocycles. The molecule has 1 aromatic heterocycles. The number of rotatable bonds is 8. The predicted octanol–water partition coefficient (Wildman–Crippen LogP) is 4.84. The van der Waals surface area contributed by atoms with Crippen molar-refractivity contribution in [1.82, 2.24) is 9.78 Å². The molecule has 0 saturated heterocycles. The standard InChI is InChI=1S/C19H21ClF5N5O/c1-11(30-6-13(20)15(29-30)5-17(24)25)27-12-2-3-14(23)16(4-12)28-18-26-9-19(7-21,8-22)10-31-18/h2-4,6,11,17,27H,5,7-10H2,1H3,(H,26,28)/t11-/m1/s1. The zero-order valence-corrected chi connectivity index (χ0v) is 17.3. The summed E-state index contributed by atoms with van der Waals surface area (Å²) in [5.41, 5.74) is -0.717. The highest BCUT2D eigenvalue weighted by atomic mass is 35.5. The Morgan fingerprint density at radius 1 is 1.29 bits per heavy atom. The van der Waals surface area contributed by atoms with Crippen molar-refractivity contribution in [3.05, 3.63) is 40.9 Å². The van der Waals surface area contributed by atoms with Crippen molar-refractivity contribution in [2.24, 2.45) is 10.4 Å². The van der Waals surface area contributed by atoms with Crippen LogP contribution in [-0.2, 0) is 11.2 Å². The van der Waals surface area contributed by atoms with E-state index in [0.717, 1.165) is 0 Å². The first-order valence-corrected chi connectivity index (χ1v) is 9.77. The minimum Gasteiger partial charge on any atom is -0.464 e. The van der Waals surface area contributed by atoms with Crippen LogP contribution in [0.1, 0.15) is 18.8 Å². The van der Waals surface area contributed by atoms with E-state index in [1.807, 2.05) is 0 Å². The molecule has 2 aromatic rings. The molecule has 31 heavy (non-hydrogen) atoms. The number of hydrogen-bond donors (Lipinski definition) is 2. The molecule has 6 nitrogen and oxygen atoms in total. The van der Waals surface area contributed by atoms with Crippen LogP contribution in [0.25, 0.3) is 0 Å². The second kappa shape index (κ2) is 9.71. The van der Waals surface area contributed by atoms with E-state index < -0.39 is 43.6 Å². The highest BCUT2D eigenvalue weighted by Gasteiger charge is 2.35. The molecule has 0 aliphatic carbocycles. The SMILES string of the molecule is C[C@H](Nc1ccc(F)c(NC2=NCC(CF)(CF)CO2)c1)n1cc(Cl)c(CC(F)F)n1. The van der Waals surface area contributed by atoms with Gasteiger partial charge in [-0.1, -0.05) is 11.6 Å². The van der Waals surface area contributed by atoms with Crippen LogP contribution in [0.5, 0.6) is 0 Å². The summed E-state index contributed by atoms with van der Waals surface area (Å²) in [4.78, 5) is 3.96. The van der Waals surface area contributed by atoms with Gasteiger partial charge in [0.25, 0.3) is 6.02 Å². The van der Waals surface area contributed by atoms with Crippen molar-refractivity contribution >= 4 is 29.0 Å². The van der Waals surface area contributed by atoms with E-state index in [9.17, 15) is 22.0 Å². The number of anilines is 2. The summed E-state index contributed by atoms with van der Waals surface area (Å²) in [7, 11) is 0. The third-order valence-corrected chi connectivity index (χ3v) is 5.04. The molecule has 0 fully saturated rings. The molecular formula is C19H21ClF5N5O. The van der Waals surface area contributed by atoms with E-state index in [2.05, 4.69) is 20.7 Å². The number of alkyl halides is 4. The Morgan fingerprint density at radius 3 is 2.65 bits per heavy atom. The molecule has 3 rings (SSSR count). The molecule has 12 heteroatoms. The zero-order chi connectivity index (χ0) is 22.6. The summed E-state index contributed by atoms with van der Waals surface area (Å²) in [6, 6.07) is 4.07. The van der Waals surface area contributed by atoms with Gasteiger partial charge in [0.1, 0.15) is 31.9 Å². The van der Waals surface area contributed by atoms with E-state index >= 15 is 0 Å². The lowest BCUT2D eigenvalue weighted by Gasteiger charge is -2.30. The Labute approximate surface area is 180 Å². The average Bonchev–Trinajstić information content (AvgIpc) is 3.11. The largest absolute Gasteiger partial charge is 0.464 e. The third kappa shape index (κ3) is 5.57. The molecule has 0 spiro atoms. The monoisotopic (exact) mass is 465 g/mol. The lowest BCUT2D eigenvalue weighted by Crippen LogP contribution is -2.41. The van der Waals surface area contributed by atoms with Crippen molar-refractivity contribution in [3.63, 3.8) is 0 Å². The number of nitrogens with one attached hydrogen (secondary N) is 2. The average molecular weight is 466 g/mol. The van der Waals surface area contributed by atoms with Crippen LogP contribution in [0.2, 0.25) is 5.02 Å². The van der Waals surface area contributed by atoms with Crippen molar-refractivity contribution in [1.29, 1.82) is 0 Å². The second-order valence-corrected chi connectivity index (χ2v) is 7.72. The van der Waals surface area contributed by atoms with Crippen molar-refractivity contribution in [2.75, 3.05) is 37.1 Å². The maximum atomic E-state index is 14.2. The van der Waals surface area contributed by atoms with Crippen molar-refractivity contribution < 1.29 is 26.7 Å². The Morgan fingerprint density at radius 2 is 2.03 bits per heavy atom. The highest BCUT2D eigenvalue weighted by Crippen LogP contribution is 2.27. The summed E-state index contributed by atoms with van der Waals surface area (Å²) in [6.45, 7) is -0.456. The molecular weight excluding hydrogens is 445 g/mol. The summed E-state index contributed by atoms with van der Waals surface area (Å²) in [5, 5.41) is 9.91. The number of benzene rings is 1. The van der Waals surface area contributed by atoms with Gasteiger partial charge < -0.3 is 15.4 Å². The van der Waals surface area contributed by atoms with Crippen LogP contribution in [0.4, 0.5) is 33.3 Å². The van der Waals surface area contributed by atoms with Crippen LogP contribution >= 0.6 is 11.6 Å². The number of halogens is 6. The lowest BCUT2D eigenvalue weighted by molar-refractivity contribution is 0.0672. The minimum atomic E-state index is -2.57. The normalized spacial score (nSPS) is 16.6. The Kier molecular flexibility index (Phi) is 7.24. The summed E-state index contributed by atoms with van der Waals surface area (Å²) in [6.07, 6.45) is -2.19. The topological polar surface area (TPSA) is 63.5 Å². The van der Waals surface area contributed by atoms with Crippen LogP contribution in [0.3, 0.4) is 0 Å². The summed E-state index contributed by atoms with van der Waals surface area (Å²) < 4.78 is 72.1. The Hall–Kier alpha value is -2.56. The molecule has 2 N–H and O–H groups in total. The van der Waals surface area contributed by atoms with Gasteiger partial charge in [-0.2, -0.15) is 5.10 Å². The van der Waals surface area contributed by atoms with Gasteiger partial charge in [0.2, 0.25) is 6.43 Å². The molecule has 0 unspecified atom stereocenters. The molecule has 1 aromatic carbocycles. The predicted molar refractivity (Wildman–Crippen MR) is 108 cm³/mol. The third-order valence-electron chi connectivity index (χ3n) is 4.73. The first-order chi connectivity index (χ1) is 14.7. The molecule has 0 bridgehead atoms. The van der Waals surface area contributed by atoms with Crippen LogP contribution in [-0.4, -0.2) is 48.7 Å². The lowest BCUT2D eigenvalue weighted by atomic mass is 9.92. The summed E-state index contributed by atoms with van der Waals surface area (Å²) in [5.74, 6) is -0.598. The van der Waals surface area contributed by atoms with E-state index in [4.69, 9.17) is 16.3 Å². The maximum Gasteiger partial charge on any atom is 0.289 e. The van der Waals surface area contributed by atoms with Gasteiger partial charge >= 0.3 is 0 Å². The molecule has 1 aliphatic rings. The van der Waals surface area contributed by atoms with E-state index in [0.29, 0.717) is 5.69 Å². The molecule has 2 heterocycles. The molecule has 1 atom stereocenters. The quantitative estimate of drug-likeness (QED) is 0.548. The fraction of sp³-hybridized carbons (Fsp3) is 0.474. The van der Waals surface area contributed by atoms with Gasteiger partial charge in [0.05, 0.1) is 34.8 Å². The number of ether oxygens (including phenoxy) is 1. The van der Waals surface area contributed by atoms with Gasteiger partial charge in [-0.3, -0.25) is 8.78 Å². The first-order valence-electron chi connectivity index (χ1n) is 9.39. The van der Waals surface area contributed by atoms with Crippen molar-refractivity contribution in [2.45, 2.75) is 25.9 Å². The van der Waals surface area contributed by atoms with Gasteiger partial charge in [0, 0.05) is 11.9 Å². The molecule has 0 radical (unpaired) electrons. The van der Waals surface area contributed by atoms with Crippen LogP contribution in [0.15, 0.2) is 29.4 Å². The zero-order valence-electron chi connectivity index (χ0n) is 16.5. The second-order valence-electron chi connectivity index (χ2n) is 7.32. The van der Waals surface area contributed by atoms with E-state index in [1.165, 1.54) is 29.1 Å². The fourth-order valence-electron chi connectivity index (χ4n) is 2.85.